The van der Waals surface area contributed by atoms with E-state index in [1.54, 1.807) is 12.2 Å². The summed E-state index contributed by atoms with van der Waals surface area (Å²) in [6.07, 6.45) is 31.7. The number of carbonyl (C=O) groups excluding carboxylic acids is 3. The number of rotatable bonds is 34. The molecule has 0 aliphatic heterocycles. The SMILES string of the molecule is CCCCC[C@H](O)/C=C/[C@H]1C(=O)C[C@H](O)[C@@H]1C/C=C\CCCC(=O)OC[C@@H](O)COC(=O)CCCCCCCCCCCCCCCCCC(C)C. The van der Waals surface area contributed by atoms with Gasteiger partial charge in [0.2, 0.25) is 0 Å². The van der Waals surface area contributed by atoms with Gasteiger partial charge in [0.1, 0.15) is 25.1 Å². The summed E-state index contributed by atoms with van der Waals surface area (Å²) in [4.78, 5) is 36.5. The topological polar surface area (TPSA) is 130 Å². The van der Waals surface area contributed by atoms with Crippen molar-refractivity contribution in [2.75, 3.05) is 13.2 Å². The molecule has 302 valence electrons. The molecule has 0 spiro atoms. The van der Waals surface area contributed by atoms with Crippen LogP contribution in [0.5, 0.6) is 0 Å². The van der Waals surface area contributed by atoms with E-state index in [2.05, 4.69) is 20.8 Å². The number of hydrogen-bond acceptors (Lipinski definition) is 8. The van der Waals surface area contributed by atoms with Crippen molar-refractivity contribution in [3.8, 4) is 0 Å². The van der Waals surface area contributed by atoms with Crippen molar-refractivity contribution < 1.29 is 39.2 Å². The molecule has 1 saturated carbocycles. The average molecular weight is 735 g/mol. The number of unbranched alkanes of at least 4 members (excludes halogenated alkanes) is 17. The van der Waals surface area contributed by atoms with E-state index in [-0.39, 0.29) is 43.7 Å². The first kappa shape index (κ1) is 48.0. The van der Waals surface area contributed by atoms with Crippen LogP contribution in [0.15, 0.2) is 24.3 Å². The van der Waals surface area contributed by atoms with Gasteiger partial charge in [-0.15, -0.1) is 0 Å². The van der Waals surface area contributed by atoms with Crippen LogP contribution in [0.3, 0.4) is 0 Å². The molecule has 8 nitrogen and oxygen atoms in total. The molecule has 1 fully saturated rings. The molecule has 1 rings (SSSR count). The number of esters is 2. The van der Waals surface area contributed by atoms with Crippen molar-refractivity contribution in [1.29, 1.82) is 0 Å². The van der Waals surface area contributed by atoms with Gasteiger partial charge in [0, 0.05) is 31.1 Å². The van der Waals surface area contributed by atoms with E-state index in [0.717, 1.165) is 44.4 Å². The lowest BCUT2D eigenvalue weighted by Gasteiger charge is -2.17. The maximum atomic E-state index is 12.4. The molecule has 52 heavy (non-hydrogen) atoms. The molecule has 0 heterocycles. The van der Waals surface area contributed by atoms with Crippen molar-refractivity contribution in [3.05, 3.63) is 24.3 Å². The Morgan fingerprint density at radius 3 is 1.75 bits per heavy atom. The molecular formula is C44H78O8. The molecule has 0 amide bonds. The fourth-order valence-electron chi connectivity index (χ4n) is 6.90. The van der Waals surface area contributed by atoms with E-state index in [1.807, 2.05) is 12.2 Å². The van der Waals surface area contributed by atoms with Crippen LogP contribution in [0.2, 0.25) is 0 Å². The summed E-state index contributed by atoms with van der Waals surface area (Å²) < 4.78 is 10.3. The van der Waals surface area contributed by atoms with Gasteiger partial charge in [-0.3, -0.25) is 14.4 Å². The average Bonchev–Trinajstić information content (AvgIpc) is 3.38. The number of ether oxygens (including phenoxy) is 2. The molecule has 0 radical (unpaired) electrons. The predicted octanol–water partition coefficient (Wildman–Crippen LogP) is 9.90. The smallest absolute Gasteiger partial charge is 0.305 e. The number of allylic oxidation sites excluding steroid dienone is 3. The van der Waals surface area contributed by atoms with Gasteiger partial charge in [0.15, 0.2) is 0 Å². The Balaban J connectivity index is 2.00. The molecule has 5 atom stereocenters. The summed E-state index contributed by atoms with van der Waals surface area (Å²) in [7, 11) is 0. The lowest BCUT2D eigenvalue weighted by molar-refractivity contribution is -0.152. The van der Waals surface area contributed by atoms with E-state index in [4.69, 9.17) is 9.47 Å². The third-order valence-corrected chi connectivity index (χ3v) is 10.2. The summed E-state index contributed by atoms with van der Waals surface area (Å²) in [5.74, 6) is -0.514. The third kappa shape index (κ3) is 26.7. The Morgan fingerprint density at radius 1 is 0.712 bits per heavy atom. The minimum Gasteiger partial charge on any atom is -0.463 e. The number of aliphatic hydroxyl groups is 3. The summed E-state index contributed by atoms with van der Waals surface area (Å²) in [5.41, 5.74) is 0. The Morgan fingerprint density at radius 2 is 1.21 bits per heavy atom. The first-order chi connectivity index (χ1) is 25.1. The van der Waals surface area contributed by atoms with E-state index in [1.165, 1.54) is 83.5 Å². The van der Waals surface area contributed by atoms with Gasteiger partial charge in [-0.25, -0.2) is 0 Å². The summed E-state index contributed by atoms with van der Waals surface area (Å²) in [6.45, 7) is 6.33. The second-order valence-electron chi connectivity index (χ2n) is 15.7. The van der Waals surface area contributed by atoms with Crippen LogP contribution in [0, 0.1) is 17.8 Å². The highest BCUT2D eigenvalue weighted by molar-refractivity contribution is 5.86. The first-order valence-electron chi connectivity index (χ1n) is 21.3. The number of aliphatic hydroxyl groups excluding tert-OH is 3. The fourth-order valence-corrected chi connectivity index (χ4v) is 6.90. The monoisotopic (exact) mass is 735 g/mol. The van der Waals surface area contributed by atoms with Crippen LogP contribution >= 0.6 is 0 Å². The van der Waals surface area contributed by atoms with Gasteiger partial charge in [-0.1, -0.05) is 161 Å². The standard InChI is InChI=1S/C44H78O8/c1-4-5-21-27-37(45)31-32-40-39(41(47)33-42(40)48)28-23-19-20-25-30-44(50)52-35-38(46)34-51-43(49)29-24-18-16-14-12-10-8-6-7-9-11-13-15-17-22-26-36(2)3/h19,23,31-32,36-41,45-47H,4-18,20-22,24-30,33-35H2,1-3H3/b23-19-,32-31+/t37-,38-,39+,40+,41-/m0/s1. The van der Waals surface area contributed by atoms with E-state index >= 15 is 0 Å². The van der Waals surface area contributed by atoms with E-state index < -0.39 is 30.2 Å². The Bertz CT molecular complexity index is 960. The quantitative estimate of drug-likeness (QED) is 0.0338. The number of hydrogen-bond donors (Lipinski definition) is 3. The molecule has 3 N–H and O–H groups in total. The molecule has 1 aliphatic rings. The zero-order valence-electron chi connectivity index (χ0n) is 33.5. The van der Waals surface area contributed by atoms with Crippen LogP contribution in [-0.4, -0.2) is 64.6 Å². The maximum Gasteiger partial charge on any atom is 0.305 e. The molecule has 0 saturated heterocycles. The first-order valence-corrected chi connectivity index (χ1v) is 21.3. The molecule has 0 unspecified atom stereocenters. The maximum absolute atomic E-state index is 12.4. The molecule has 0 aromatic rings. The molecular weight excluding hydrogens is 656 g/mol. The second-order valence-corrected chi connectivity index (χ2v) is 15.7. The molecule has 0 aromatic carbocycles. The number of carbonyl (C=O) groups is 3. The minimum absolute atomic E-state index is 0.00282. The normalized spacial score (nSPS) is 18.9. The van der Waals surface area contributed by atoms with Crippen LogP contribution in [-0.2, 0) is 23.9 Å². The van der Waals surface area contributed by atoms with Crippen LogP contribution < -0.4 is 0 Å². The van der Waals surface area contributed by atoms with Crippen molar-refractivity contribution in [2.24, 2.45) is 17.8 Å². The third-order valence-electron chi connectivity index (χ3n) is 10.2. The summed E-state index contributed by atoms with van der Waals surface area (Å²) in [6, 6.07) is 0. The number of ketones is 1. The zero-order valence-corrected chi connectivity index (χ0v) is 33.5. The molecule has 0 aromatic heterocycles. The van der Waals surface area contributed by atoms with Crippen molar-refractivity contribution >= 4 is 17.7 Å². The van der Waals surface area contributed by atoms with Crippen molar-refractivity contribution in [1.82, 2.24) is 0 Å². The number of Topliss-reactive ketones (excluding diaryl/α,β-unsaturated/α-hetero) is 1. The van der Waals surface area contributed by atoms with Crippen molar-refractivity contribution in [2.45, 2.75) is 206 Å². The highest BCUT2D eigenvalue weighted by atomic mass is 16.6. The van der Waals surface area contributed by atoms with Gasteiger partial charge >= 0.3 is 11.9 Å². The van der Waals surface area contributed by atoms with Crippen LogP contribution in [0.25, 0.3) is 0 Å². The Hall–Kier alpha value is -2.03. The Labute approximate surface area is 317 Å². The highest BCUT2D eigenvalue weighted by Gasteiger charge is 2.39. The van der Waals surface area contributed by atoms with E-state index in [0.29, 0.717) is 32.1 Å². The second kappa shape index (κ2) is 32.4. The zero-order chi connectivity index (χ0) is 38.2. The lowest BCUT2D eigenvalue weighted by atomic mass is 9.90. The summed E-state index contributed by atoms with van der Waals surface area (Å²) in [5, 5.41) is 30.6. The minimum atomic E-state index is -1.05. The molecule has 1 aliphatic carbocycles. The van der Waals surface area contributed by atoms with Crippen molar-refractivity contribution in [3.63, 3.8) is 0 Å². The van der Waals surface area contributed by atoms with Gasteiger partial charge in [0.05, 0.1) is 12.2 Å². The van der Waals surface area contributed by atoms with Gasteiger partial charge in [-0.2, -0.15) is 0 Å². The predicted molar refractivity (Wildman–Crippen MR) is 211 cm³/mol. The highest BCUT2D eigenvalue weighted by Crippen LogP contribution is 2.33. The van der Waals surface area contributed by atoms with Gasteiger partial charge < -0.3 is 24.8 Å². The van der Waals surface area contributed by atoms with E-state index in [9.17, 15) is 29.7 Å². The largest absolute Gasteiger partial charge is 0.463 e. The van der Waals surface area contributed by atoms with Gasteiger partial charge in [-0.05, 0) is 38.0 Å². The Kier molecular flexibility index (Phi) is 29.9. The molecule has 0 bridgehead atoms. The van der Waals surface area contributed by atoms with Crippen LogP contribution in [0.1, 0.15) is 188 Å². The van der Waals surface area contributed by atoms with Gasteiger partial charge in [0.25, 0.3) is 0 Å². The fraction of sp³-hybridized carbons (Fsp3) is 0.841. The summed E-state index contributed by atoms with van der Waals surface area (Å²) >= 11 is 0. The van der Waals surface area contributed by atoms with Crippen LogP contribution in [0.4, 0.5) is 0 Å². The molecule has 8 heteroatoms. The lowest BCUT2D eigenvalue weighted by Crippen LogP contribution is -2.25.